The second kappa shape index (κ2) is 4.91. The van der Waals surface area contributed by atoms with Gasteiger partial charge in [-0.05, 0) is 39.9 Å². The van der Waals surface area contributed by atoms with Gasteiger partial charge in [0.1, 0.15) is 0 Å². The molecule has 0 bridgehead atoms. The molecule has 1 aromatic rings. The highest BCUT2D eigenvalue weighted by Gasteiger charge is 2.13. The van der Waals surface area contributed by atoms with Gasteiger partial charge in [0.05, 0.1) is 9.83 Å². The molecule has 14 heavy (non-hydrogen) atoms. The van der Waals surface area contributed by atoms with Crippen LogP contribution in [0.2, 0.25) is 0 Å². The summed E-state index contributed by atoms with van der Waals surface area (Å²) in [4.78, 5) is 13.1. The van der Waals surface area contributed by atoms with Gasteiger partial charge in [0.2, 0.25) is 5.91 Å². The van der Waals surface area contributed by atoms with E-state index in [9.17, 15) is 4.79 Å². The van der Waals surface area contributed by atoms with E-state index in [1.54, 1.807) is 30.2 Å². The molecule has 5 heteroatoms. The first kappa shape index (κ1) is 11.7. The van der Waals surface area contributed by atoms with E-state index in [1.165, 1.54) is 0 Å². The van der Waals surface area contributed by atoms with Gasteiger partial charge in [-0.1, -0.05) is 0 Å². The van der Waals surface area contributed by atoms with Crippen molar-refractivity contribution in [2.45, 2.75) is 19.5 Å². The Morgan fingerprint density at radius 1 is 1.79 bits per heavy atom. The molecule has 2 N–H and O–H groups in total. The predicted molar refractivity (Wildman–Crippen MR) is 62.1 cm³/mol. The summed E-state index contributed by atoms with van der Waals surface area (Å²) < 4.78 is 1.08. The minimum absolute atomic E-state index is 0.0349. The van der Waals surface area contributed by atoms with Crippen LogP contribution in [0.15, 0.2) is 15.2 Å². The summed E-state index contributed by atoms with van der Waals surface area (Å²) in [5, 5.41) is 2.02. The first-order valence-corrected chi connectivity index (χ1v) is 5.91. The fourth-order valence-corrected chi connectivity index (χ4v) is 2.33. The van der Waals surface area contributed by atoms with Crippen LogP contribution in [-0.2, 0) is 11.3 Å². The molecular weight excluding hydrogens is 264 g/mol. The smallest absolute Gasteiger partial charge is 0.239 e. The topological polar surface area (TPSA) is 46.3 Å². The van der Waals surface area contributed by atoms with Crippen LogP contribution in [0.1, 0.15) is 12.5 Å². The fourth-order valence-electron chi connectivity index (χ4n) is 1.13. The summed E-state index contributed by atoms with van der Waals surface area (Å²) in [6.07, 6.45) is 0. The van der Waals surface area contributed by atoms with Crippen LogP contribution in [0.3, 0.4) is 0 Å². The molecule has 0 spiro atoms. The Morgan fingerprint density at radius 2 is 2.43 bits per heavy atom. The number of likely N-dealkylation sites (N-methyl/N-ethyl adjacent to an activating group) is 1. The minimum Gasteiger partial charge on any atom is -0.340 e. The molecule has 0 aliphatic heterocycles. The molecule has 0 aromatic carbocycles. The minimum atomic E-state index is -0.429. The number of nitrogens with two attached hydrogens (primary N) is 1. The lowest BCUT2D eigenvalue weighted by molar-refractivity contribution is -0.131. The number of carbonyl (C=O) groups is 1. The zero-order chi connectivity index (χ0) is 10.7. The average molecular weight is 277 g/mol. The molecule has 3 nitrogen and oxygen atoms in total. The number of amides is 1. The van der Waals surface area contributed by atoms with Crippen molar-refractivity contribution in [1.82, 2.24) is 4.90 Å². The van der Waals surface area contributed by atoms with Gasteiger partial charge in [-0.3, -0.25) is 4.79 Å². The third-order valence-corrected chi connectivity index (χ3v) is 3.36. The van der Waals surface area contributed by atoms with Crippen LogP contribution < -0.4 is 5.73 Å². The standard InChI is InChI=1S/C9H13BrN2OS/c1-6(11)9(13)12(2)4-7-3-8(10)14-5-7/h3,5-6H,4,11H2,1-2H3/t6-/m1/s1. The molecule has 0 aliphatic rings. The number of carbonyl (C=O) groups excluding carboxylic acids is 1. The van der Waals surface area contributed by atoms with Gasteiger partial charge in [0.25, 0.3) is 0 Å². The van der Waals surface area contributed by atoms with Gasteiger partial charge >= 0.3 is 0 Å². The number of rotatable bonds is 3. The summed E-state index contributed by atoms with van der Waals surface area (Å²) in [7, 11) is 1.76. The Bertz CT molecular complexity index is 324. The molecule has 1 aromatic heterocycles. The van der Waals surface area contributed by atoms with Crippen molar-refractivity contribution in [3.05, 3.63) is 20.8 Å². The van der Waals surface area contributed by atoms with E-state index < -0.39 is 6.04 Å². The number of hydrogen-bond acceptors (Lipinski definition) is 3. The average Bonchev–Trinajstić information content (AvgIpc) is 2.49. The fraction of sp³-hybridized carbons (Fsp3) is 0.444. The number of nitrogens with zero attached hydrogens (tertiary/aromatic N) is 1. The molecule has 0 saturated heterocycles. The van der Waals surface area contributed by atoms with Crippen LogP contribution in [0.25, 0.3) is 0 Å². The second-order valence-electron chi connectivity index (χ2n) is 3.24. The van der Waals surface area contributed by atoms with Crippen LogP contribution in [0, 0.1) is 0 Å². The highest BCUT2D eigenvalue weighted by Crippen LogP contribution is 2.21. The van der Waals surface area contributed by atoms with E-state index in [0.29, 0.717) is 6.54 Å². The Balaban J connectivity index is 2.57. The molecule has 0 aliphatic carbocycles. The number of halogens is 1. The van der Waals surface area contributed by atoms with Crippen molar-refractivity contribution in [2.24, 2.45) is 5.73 Å². The third kappa shape index (κ3) is 3.08. The normalized spacial score (nSPS) is 12.6. The highest BCUT2D eigenvalue weighted by molar-refractivity contribution is 9.11. The van der Waals surface area contributed by atoms with Gasteiger partial charge in [-0.25, -0.2) is 0 Å². The molecule has 1 atom stereocenters. The van der Waals surface area contributed by atoms with Gasteiger partial charge in [-0.2, -0.15) is 0 Å². The first-order valence-electron chi connectivity index (χ1n) is 4.24. The first-order chi connectivity index (χ1) is 6.50. The molecule has 1 amide bonds. The SMILES string of the molecule is C[C@@H](N)C(=O)N(C)Cc1csc(Br)c1. The van der Waals surface area contributed by atoms with E-state index in [1.807, 2.05) is 11.4 Å². The highest BCUT2D eigenvalue weighted by atomic mass is 79.9. The molecule has 0 radical (unpaired) electrons. The van der Waals surface area contributed by atoms with Crippen LogP contribution >= 0.6 is 27.3 Å². The molecular formula is C9H13BrN2OS. The Morgan fingerprint density at radius 3 is 2.86 bits per heavy atom. The maximum atomic E-state index is 11.4. The quantitative estimate of drug-likeness (QED) is 0.916. The lowest BCUT2D eigenvalue weighted by Gasteiger charge is -2.18. The Kier molecular flexibility index (Phi) is 4.10. The number of thiophene rings is 1. The Hall–Kier alpha value is -0.390. The van der Waals surface area contributed by atoms with Crippen molar-refractivity contribution >= 4 is 33.2 Å². The third-order valence-electron chi connectivity index (χ3n) is 1.81. The van der Waals surface area contributed by atoms with Crippen molar-refractivity contribution < 1.29 is 4.79 Å². The van der Waals surface area contributed by atoms with Gasteiger partial charge in [-0.15, -0.1) is 11.3 Å². The summed E-state index contributed by atoms with van der Waals surface area (Å²) in [5.41, 5.74) is 6.62. The van der Waals surface area contributed by atoms with Gasteiger partial charge in [0, 0.05) is 13.6 Å². The molecule has 0 fully saturated rings. The largest absolute Gasteiger partial charge is 0.340 e. The summed E-state index contributed by atoms with van der Waals surface area (Å²) >= 11 is 4.99. The molecule has 78 valence electrons. The predicted octanol–water partition coefficient (Wildman–Crippen LogP) is 1.82. The Labute approximate surface area is 96.0 Å². The lowest BCUT2D eigenvalue weighted by Crippen LogP contribution is -2.39. The maximum absolute atomic E-state index is 11.4. The molecule has 1 heterocycles. The van der Waals surface area contributed by atoms with E-state index >= 15 is 0 Å². The molecule has 0 saturated carbocycles. The second-order valence-corrected chi connectivity index (χ2v) is 5.53. The lowest BCUT2D eigenvalue weighted by atomic mass is 10.2. The van der Waals surface area contributed by atoms with Crippen molar-refractivity contribution in [1.29, 1.82) is 0 Å². The molecule has 0 unspecified atom stereocenters. The van der Waals surface area contributed by atoms with Crippen molar-refractivity contribution in [2.75, 3.05) is 7.05 Å². The zero-order valence-corrected chi connectivity index (χ0v) is 10.6. The van der Waals surface area contributed by atoms with Gasteiger partial charge < -0.3 is 10.6 Å². The van der Waals surface area contributed by atoms with E-state index in [2.05, 4.69) is 15.9 Å². The van der Waals surface area contributed by atoms with Crippen molar-refractivity contribution in [3.63, 3.8) is 0 Å². The van der Waals surface area contributed by atoms with E-state index in [0.717, 1.165) is 9.35 Å². The molecule has 1 rings (SSSR count). The van der Waals surface area contributed by atoms with Gasteiger partial charge in [0.15, 0.2) is 0 Å². The van der Waals surface area contributed by atoms with E-state index in [-0.39, 0.29) is 5.91 Å². The van der Waals surface area contributed by atoms with Crippen LogP contribution in [0.5, 0.6) is 0 Å². The zero-order valence-electron chi connectivity index (χ0n) is 8.16. The van der Waals surface area contributed by atoms with Crippen LogP contribution in [-0.4, -0.2) is 23.9 Å². The summed E-state index contributed by atoms with van der Waals surface area (Å²) in [6, 6.07) is 1.58. The monoisotopic (exact) mass is 276 g/mol. The van der Waals surface area contributed by atoms with Crippen LogP contribution in [0.4, 0.5) is 0 Å². The maximum Gasteiger partial charge on any atom is 0.239 e. The summed E-state index contributed by atoms with van der Waals surface area (Å²) in [6.45, 7) is 2.31. The van der Waals surface area contributed by atoms with Crippen molar-refractivity contribution in [3.8, 4) is 0 Å². The summed E-state index contributed by atoms with van der Waals surface area (Å²) in [5.74, 6) is -0.0349. The number of hydrogen-bond donors (Lipinski definition) is 1. The van der Waals surface area contributed by atoms with E-state index in [4.69, 9.17) is 5.73 Å².